The third-order valence-corrected chi connectivity index (χ3v) is 4.89. The van der Waals surface area contributed by atoms with Crippen LogP contribution < -0.4 is 0 Å². The van der Waals surface area contributed by atoms with Gasteiger partial charge < -0.3 is 10.0 Å². The first-order valence-electron chi connectivity index (χ1n) is 8.80. The van der Waals surface area contributed by atoms with Crippen LogP contribution in [0.1, 0.15) is 37.9 Å². The molecule has 1 heterocycles. The summed E-state index contributed by atoms with van der Waals surface area (Å²) in [7, 11) is 0. The van der Waals surface area contributed by atoms with Gasteiger partial charge in [0.1, 0.15) is 0 Å². The molecule has 23 heavy (non-hydrogen) atoms. The Kier molecular flexibility index (Phi) is 5.47. The minimum Gasteiger partial charge on any atom is -0.388 e. The number of aliphatic hydroxyl groups is 1. The molecule has 122 valence electrons. The van der Waals surface area contributed by atoms with E-state index in [1.54, 1.807) is 0 Å². The molecule has 0 aromatic heterocycles. The minimum atomic E-state index is -0.387. The second-order valence-electron chi connectivity index (χ2n) is 6.77. The lowest BCUT2D eigenvalue weighted by atomic mass is 9.94. The van der Waals surface area contributed by atoms with E-state index in [1.807, 2.05) is 6.07 Å². The van der Waals surface area contributed by atoms with Gasteiger partial charge in [0.25, 0.3) is 0 Å². The summed E-state index contributed by atoms with van der Waals surface area (Å²) in [5.74, 6) is 0.260. The lowest BCUT2D eigenvalue weighted by molar-refractivity contribution is 0.0820. The molecule has 0 radical (unpaired) electrons. The SMILES string of the molecule is C[C@@H](CN1CCCCC1)[C@@H](O)c1ccc(-c2ccccc2)cc1. The van der Waals surface area contributed by atoms with Crippen molar-refractivity contribution < 1.29 is 5.11 Å². The molecule has 2 aromatic carbocycles. The van der Waals surface area contributed by atoms with E-state index < -0.39 is 0 Å². The Morgan fingerprint density at radius 1 is 0.870 bits per heavy atom. The van der Waals surface area contributed by atoms with Crippen molar-refractivity contribution in [3.63, 3.8) is 0 Å². The summed E-state index contributed by atoms with van der Waals surface area (Å²) in [5.41, 5.74) is 3.44. The van der Waals surface area contributed by atoms with Gasteiger partial charge in [-0.2, -0.15) is 0 Å². The predicted molar refractivity (Wildman–Crippen MR) is 96.3 cm³/mol. The van der Waals surface area contributed by atoms with E-state index in [2.05, 4.69) is 60.4 Å². The Morgan fingerprint density at radius 3 is 2.13 bits per heavy atom. The predicted octanol–water partition coefficient (Wildman–Crippen LogP) is 4.51. The lowest BCUT2D eigenvalue weighted by Gasteiger charge is -2.31. The molecule has 2 heteroatoms. The highest BCUT2D eigenvalue weighted by Gasteiger charge is 2.20. The molecule has 1 aliphatic rings. The van der Waals surface area contributed by atoms with Gasteiger partial charge in [-0.1, -0.05) is 67.9 Å². The first kappa shape index (κ1) is 16.2. The van der Waals surface area contributed by atoms with Gasteiger partial charge in [0.2, 0.25) is 0 Å². The Balaban J connectivity index is 1.63. The van der Waals surface area contributed by atoms with Gasteiger partial charge in [-0.25, -0.2) is 0 Å². The van der Waals surface area contributed by atoms with E-state index in [0.29, 0.717) is 0 Å². The average molecular weight is 309 g/mol. The molecule has 1 aliphatic heterocycles. The summed E-state index contributed by atoms with van der Waals surface area (Å²) in [6.45, 7) is 5.51. The molecule has 2 atom stereocenters. The van der Waals surface area contributed by atoms with Crippen LogP contribution in [0.2, 0.25) is 0 Å². The van der Waals surface area contributed by atoms with E-state index >= 15 is 0 Å². The van der Waals surface area contributed by atoms with E-state index in [0.717, 1.165) is 12.1 Å². The fourth-order valence-electron chi connectivity index (χ4n) is 3.48. The molecule has 0 spiro atoms. The molecular weight excluding hydrogens is 282 g/mol. The Morgan fingerprint density at radius 2 is 1.48 bits per heavy atom. The number of hydrogen-bond donors (Lipinski definition) is 1. The zero-order valence-corrected chi connectivity index (χ0v) is 14.0. The van der Waals surface area contributed by atoms with Crippen LogP contribution >= 0.6 is 0 Å². The molecule has 3 rings (SSSR count). The minimum absolute atomic E-state index is 0.260. The number of benzene rings is 2. The number of nitrogens with zero attached hydrogens (tertiary/aromatic N) is 1. The van der Waals surface area contributed by atoms with Gasteiger partial charge in [-0.3, -0.25) is 0 Å². The van der Waals surface area contributed by atoms with Crippen LogP contribution in [0, 0.1) is 5.92 Å². The second-order valence-corrected chi connectivity index (χ2v) is 6.77. The second kappa shape index (κ2) is 7.76. The standard InChI is InChI=1S/C21H27NO/c1-17(16-22-14-6-3-7-15-22)21(23)20-12-10-19(11-13-20)18-8-4-2-5-9-18/h2,4-5,8-13,17,21,23H,3,6-7,14-16H2,1H3/t17-,21+/m0/s1. The van der Waals surface area contributed by atoms with Crippen LogP contribution in [0.25, 0.3) is 11.1 Å². The summed E-state index contributed by atoms with van der Waals surface area (Å²) < 4.78 is 0. The Hall–Kier alpha value is -1.64. The lowest BCUT2D eigenvalue weighted by Crippen LogP contribution is -2.35. The fraction of sp³-hybridized carbons (Fsp3) is 0.429. The Bertz CT molecular complexity index is 587. The van der Waals surface area contributed by atoms with Crippen molar-refractivity contribution in [2.24, 2.45) is 5.92 Å². The number of rotatable bonds is 5. The van der Waals surface area contributed by atoms with Crippen LogP contribution in [-0.2, 0) is 0 Å². The maximum atomic E-state index is 10.7. The number of aliphatic hydroxyl groups excluding tert-OH is 1. The number of hydrogen-bond acceptors (Lipinski definition) is 2. The summed E-state index contributed by atoms with van der Waals surface area (Å²) in [6.07, 6.45) is 3.57. The normalized spacial score (nSPS) is 18.5. The number of piperidine rings is 1. The maximum absolute atomic E-state index is 10.7. The molecule has 1 N–H and O–H groups in total. The zero-order chi connectivity index (χ0) is 16.1. The van der Waals surface area contributed by atoms with Crippen molar-refractivity contribution in [2.75, 3.05) is 19.6 Å². The molecule has 2 nitrogen and oxygen atoms in total. The average Bonchev–Trinajstić information content (AvgIpc) is 2.63. The van der Waals surface area contributed by atoms with Crippen LogP contribution in [-0.4, -0.2) is 29.6 Å². The van der Waals surface area contributed by atoms with E-state index in [9.17, 15) is 5.11 Å². The van der Waals surface area contributed by atoms with E-state index in [-0.39, 0.29) is 12.0 Å². The smallest absolute Gasteiger partial charge is 0.0827 e. The highest BCUT2D eigenvalue weighted by atomic mass is 16.3. The van der Waals surface area contributed by atoms with Crippen molar-refractivity contribution in [1.29, 1.82) is 0 Å². The van der Waals surface area contributed by atoms with Crippen molar-refractivity contribution in [1.82, 2.24) is 4.90 Å². The van der Waals surface area contributed by atoms with Gasteiger partial charge in [0.05, 0.1) is 6.10 Å². The highest BCUT2D eigenvalue weighted by molar-refractivity contribution is 5.63. The van der Waals surface area contributed by atoms with Crippen molar-refractivity contribution in [2.45, 2.75) is 32.3 Å². The van der Waals surface area contributed by atoms with Crippen molar-refractivity contribution >= 4 is 0 Å². The van der Waals surface area contributed by atoms with Crippen LogP contribution in [0.5, 0.6) is 0 Å². The monoisotopic (exact) mass is 309 g/mol. The molecule has 1 saturated heterocycles. The molecule has 0 amide bonds. The van der Waals surface area contributed by atoms with Crippen LogP contribution in [0.15, 0.2) is 54.6 Å². The largest absolute Gasteiger partial charge is 0.388 e. The van der Waals surface area contributed by atoms with E-state index in [1.165, 1.54) is 43.5 Å². The van der Waals surface area contributed by atoms with Crippen LogP contribution in [0.4, 0.5) is 0 Å². The quantitative estimate of drug-likeness (QED) is 0.878. The number of likely N-dealkylation sites (tertiary alicyclic amines) is 1. The zero-order valence-electron chi connectivity index (χ0n) is 14.0. The third-order valence-electron chi connectivity index (χ3n) is 4.89. The first-order valence-corrected chi connectivity index (χ1v) is 8.80. The molecule has 1 fully saturated rings. The summed E-state index contributed by atoms with van der Waals surface area (Å²) in [5, 5.41) is 10.7. The van der Waals surface area contributed by atoms with E-state index in [4.69, 9.17) is 0 Å². The fourth-order valence-corrected chi connectivity index (χ4v) is 3.48. The first-order chi connectivity index (χ1) is 11.2. The molecule has 0 unspecified atom stereocenters. The van der Waals surface area contributed by atoms with Crippen LogP contribution in [0.3, 0.4) is 0 Å². The van der Waals surface area contributed by atoms with Gasteiger partial charge >= 0.3 is 0 Å². The molecule has 0 bridgehead atoms. The van der Waals surface area contributed by atoms with Gasteiger partial charge in [0, 0.05) is 6.54 Å². The molecule has 2 aromatic rings. The highest BCUT2D eigenvalue weighted by Crippen LogP contribution is 2.26. The maximum Gasteiger partial charge on any atom is 0.0827 e. The summed E-state index contributed by atoms with van der Waals surface area (Å²) in [4.78, 5) is 2.50. The molecular formula is C21H27NO. The summed E-state index contributed by atoms with van der Waals surface area (Å²) in [6, 6.07) is 18.7. The van der Waals surface area contributed by atoms with Crippen molar-refractivity contribution in [3.8, 4) is 11.1 Å². The summed E-state index contributed by atoms with van der Waals surface area (Å²) >= 11 is 0. The topological polar surface area (TPSA) is 23.5 Å². The van der Waals surface area contributed by atoms with Gasteiger partial charge in [-0.15, -0.1) is 0 Å². The molecule has 0 aliphatic carbocycles. The molecule has 0 saturated carbocycles. The van der Waals surface area contributed by atoms with Crippen molar-refractivity contribution in [3.05, 3.63) is 60.2 Å². The van der Waals surface area contributed by atoms with Gasteiger partial charge in [0.15, 0.2) is 0 Å². The Labute approximate surface area is 139 Å². The van der Waals surface area contributed by atoms with Gasteiger partial charge in [-0.05, 0) is 48.5 Å². The third kappa shape index (κ3) is 4.21.